The molecule has 122 valence electrons. The minimum Gasteiger partial charge on any atom is -0.339 e. The van der Waals surface area contributed by atoms with E-state index in [1.54, 1.807) is 0 Å². The summed E-state index contributed by atoms with van der Waals surface area (Å²) in [4.78, 5) is 17.0. The molecule has 5 nitrogen and oxygen atoms in total. The lowest BCUT2D eigenvalue weighted by Crippen LogP contribution is -2.49. The van der Waals surface area contributed by atoms with Crippen molar-refractivity contribution in [1.82, 2.24) is 20.0 Å². The Bertz CT molecular complexity index is 660. The van der Waals surface area contributed by atoms with Gasteiger partial charge in [-0.15, -0.1) is 0 Å². The van der Waals surface area contributed by atoms with Crippen LogP contribution in [0.15, 0.2) is 30.3 Å². The van der Waals surface area contributed by atoms with Crippen molar-refractivity contribution in [3.63, 3.8) is 0 Å². The van der Waals surface area contributed by atoms with E-state index in [-0.39, 0.29) is 11.9 Å². The molecule has 0 spiro atoms. The van der Waals surface area contributed by atoms with Crippen LogP contribution in [0.25, 0.3) is 0 Å². The summed E-state index contributed by atoms with van der Waals surface area (Å²) in [7, 11) is 2.13. The van der Waals surface area contributed by atoms with Gasteiger partial charge in [0.1, 0.15) is 0 Å². The molecule has 1 aromatic heterocycles. The van der Waals surface area contributed by atoms with Crippen LogP contribution in [0, 0.1) is 13.8 Å². The first-order valence-corrected chi connectivity index (χ1v) is 8.09. The van der Waals surface area contributed by atoms with Crippen LogP contribution >= 0.6 is 0 Å². The molecule has 0 bridgehead atoms. The van der Waals surface area contributed by atoms with Crippen LogP contribution in [0.3, 0.4) is 0 Å². The Hall–Kier alpha value is -2.14. The second-order valence-corrected chi connectivity index (χ2v) is 6.34. The van der Waals surface area contributed by atoms with Crippen LogP contribution < -0.4 is 0 Å². The van der Waals surface area contributed by atoms with Crippen LogP contribution in [0.1, 0.15) is 28.6 Å². The number of benzene rings is 1. The highest BCUT2D eigenvalue weighted by atomic mass is 16.2. The van der Waals surface area contributed by atoms with E-state index in [9.17, 15) is 4.79 Å². The minimum atomic E-state index is 0.187. The fourth-order valence-corrected chi connectivity index (χ4v) is 3.23. The molecule has 23 heavy (non-hydrogen) atoms. The average molecular weight is 312 g/mol. The molecule has 0 aliphatic carbocycles. The van der Waals surface area contributed by atoms with E-state index in [0.29, 0.717) is 6.42 Å². The van der Waals surface area contributed by atoms with E-state index >= 15 is 0 Å². The highest BCUT2D eigenvalue weighted by molar-refractivity contribution is 5.79. The van der Waals surface area contributed by atoms with Crippen molar-refractivity contribution in [2.75, 3.05) is 26.7 Å². The molecule has 0 saturated carbocycles. The van der Waals surface area contributed by atoms with E-state index in [0.717, 1.165) is 36.6 Å². The van der Waals surface area contributed by atoms with E-state index in [4.69, 9.17) is 0 Å². The summed E-state index contributed by atoms with van der Waals surface area (Å²) < 4.78 is 0. The molecular formula is C18H24N4O. The predicted octanol–water partition coefficient (Wildman–Crippen LogP) is 2.08. The van der Waals surface area contributed by atoms with Gasteiger partial charge >= 0.3 is 0 Å². The first kappa shape index (κ1) is 15.7. The molecule has 0 unspecified atom stereocenters. The molecule has 3 rings (SSSR count). The molecule has 1 amide bonds. The number of amides is 1. The third-order valence-electron chi connectivity index (χ3n) is 4.79. The summed E-state index contributed by atoms with van der Waals surface area (Å²) >= 11 is 0. The zero-order valence-corrected chi connectivity index (χ0v) is 14.0. The van der Waals surface area contributed by atoms with Gasteiger partial charge in [0.2, 0.25) is 5.91 Å². The third-order valence-corrected chi connectivity index (χ3v) is 4.79. The molecule has 1 aromatic carbocycles. The summed E-state index contributed by atoms with van der Waals surface area (Å²) in [5.74, 6) is 0.187. The molecule has 1 fully saturated rings. The van der Waals surface area contributed by atoms with Crippen molar-refractivity contribution in [2.24, 2.45) is 0 Å². The smallest absolute Gasteiger partial charge is 0.227 e. The summed E-state index contributed by atoms with van der Waals surface area (Å²) in [6.07, 6.45) is 0.430. The molecule has 2 heterocycles. The Morgan fingerprint density at radius 1 is 1.26 bits per heavy atom. The Labute approximate surface area is 137 Å². The number of aromatic amines is 1. The topological polar surface area (TPSA) is 52.2 Å². The number of carbonyl (C=O) groups excluding carboxylic acids is 1. The molecular weight excluding hydrogens is 288 g/mol. The fraction of sp³-hybridized carbons (Fsp3) is 0.444. The maximum atomic E-state index is 12.7. The zero-order chi connectivity index (χ0) is 16.4. The lowest BCUT2D eigenvalue weighted by molar-refractivity contribution is -0.133. The number of nitrogens with zero attached hydrogens (tertiary/aromatic N) is 3. The standard InChI is InChI=1S/C18H24N4O/c1-13-16(14(2)20-19-13)11-18(23)22-10-9-21(3)17(12-22)15-7-5-4-6-8-15/h4-8,17H,9-12H2,1-3H3,(H,19,20)/t17-/m0/s1. The minimum absolute atomic E-state index is 0.187. The second kappa shape index (κ2) is 6.54. The Morgan fingerprint density at radius 2 is 2.00 bits per heavy atom. The van der Waals surface area contributed by atoms with Crippen molar-refractivity contribution in [3.05, 3.63) is 52.8 Å². The highest BCUT2D eigenvalue weighted by Crippen LogP contribution is 2.24. The SMILES string of the molecule is Cc1n[nH]c(C)c1CC(=O)N1CCN(C)[C@H](c2ccccc2)C1. The number of rotatable bonds is 3. The van der Waals surface area contributed by atoms with Gasteiger partial charge in [-0.3, -0.25) is 14.8 Å². The third kappa shape index (κ3) is 3.29. The van der Waals surface area contributed by atoms with Gasteiger partial charge < -0.3 is 4.90 Å². The monoisotopic (exact) mass is 312 g/mol. The van der Waals surface area contributed by atoms with E-state index in [2.05, 4.69) is 46.4 Å². The van der Waals surface area contributed by atoms with Crippen LogP contribution in [0.5, 0.6) is 0 Å². The van der Waals surface area contributed by atoms with Crippen molar-refractivity contribution in [1.29, 1.82) is 0 Å². The average Bonchev–Trinajstić information content (AvgIpc) is 2.88. The van der Waals surface area contributed by atoms with Gasteiger partial charge in [-0.1, -0.05) is 30.3 Å². The van der Waals surface area contributed by atoms with E-state index < -0.39 is 0 Å². The molecule has 0 radical (unpaired) electrons. The number of carbonyl (C=O) groups is 1. The van der Waals surface area contributed by atoms with Crippen LogP contribution in [0.4, 0.5) is 0 Å². The van der Waals surface area contributed by atoms with Gasteiger partial charge in [0.15, 0.2) is 0 Å². The van der Waals surface area contributed by atoms with Crippen molar-refractivity contribution in [3.8, 4) is 0 Å². The van der Waals surface area contributed by atoms with Crippen molar-refractivity contribution < 1.29 is 4.79 Å². The number of aryl methyl sites for hydroxylation is 2. The Kier molecular flexibility index (Phi) is 4.48. The maximum absolute atomic E-state index is 12.7. The predicted molar refractivity (Wildman–Crippen MR) is 90.2 cm³/mol. The largest absolute Gasteiger partial charge is 0.339 e. The molecule has 2 aromatic rings. The van der Waals surface area contributed by atoms with Gasteiger partial charge in [0.05, 0.1) is 18.2 Å². The van der Waals surface area contributed by atoms with Gasteiger partial charge in [0, 0.05) is 30.9 Å². The normalized spacial score (nSPS) is 19.1. The number of H-pyrrole nitrogens is 1. The summed E-state index contributed by atoms with van der Waals surface area (Å²) in [6.45, 7) is 6.35. The Morgan fingerprint density at radius 3 is 2.65 bits per heavy atom. The van der Waals surface area contributed by atoms with Crippen LogP contribution in [-0.4, -0.2) is 52.6 Å². The summed E-state index contributed by atoms with van der Waals surface area (Å²) in [6, 6.07) is 10.7. The van der Waals surface area contributed by atoms with E-state index in [1.165, 1.54) is 5.56 Å². The molecule has 1 saturated heterocycles. The molecule has 1 atom stereocenters. The van der Waals surface area contributed by atoms with Crippen LogP contribution in [-0.2, 0) is 11.2 Å². The number of likely N-dealkylation sites (N-methyl/N-ethyl adjacent to an activating group) is 1. The molecule has 1 N–H and O–H groups in total. The number of nitrogens with one attached hydrogen (secondary N) is 1. The van der Waals surface area contributed by atoms with Gasteiger partial charge in [0.25, 0.3) is 0 Å². The van der Waals surface area contributed by atoms with Crippen molar-refractivity contribution >= 4 is 5.91 Å². The van der Waals surface area contributed by atoms with Gasteiger partial charge in [-0.25, -0.2) is 0 Å². The fourth-order valence-electron chi connectivity index (χ4n) is 3.23. The van der Waals surface area contributed by atoms with Crippen LogP contribution in [0.2, 0.25) is 0 Å². The zero-order valence-electron chi connectivity index (χ0n) is 14.0. The lowest BCUT2D eigenvalue weighted by atomic mass is 10.0. The molecule has 1 aliphatic heterocycles. The van der Waals surface area contributed by atoms with Gasteiger partial charge in [-0.05, 0) is 26.5 Å². The van der Waals surface area contributed by atoms with Gasteiger partial charge in [-0.2, -0.15) is 5.10 Å². The van der Waals surface area contributed by atoms with Crippen molar-refractivity contribution in [2.45, 2.75) is 26.3 Å². The maximum Gasteiger partial charge on any atom is 0.227 e. The number of hydrogen-bond donors (Lipinski definition) is 1. The Balaban J connectivity index is 1.72. The van der Waals surface area contributed by atoms with E-state index in [1.807, 2.05) is 24.8 Å². The number of hydrogen-bond acceptors (Lipinski definition) is 3. The first-order valence-electron chi connectivity index (χ1n) is 8.09. The number of piperazine rings is 1. The summed E-state index contributed by atoms with van der Waals surface area (Å²) in [5.41, 5.74) is 4.21. The lowest BCUT2D eigenvalue weighted by Gasteiger charge is -2.39. The molecule has 5 heteroatoms. The highest BCUT2D eigenvalue weighted by Gasteiger charge is 2.28. The first-order chi connectivity index (χ1) is 11.1. The molecule has 1 aliphatic rings. The quantitative estimate of drug-likeness (QED) is 0.944. The summed E-state index contributed by atoms with van der Waals surface area (Å²) in [5, 5.41) is 7.14. The number of aromatic nitrogens is 2. The second-order valence-electron chi connectivity index (χ2n) is 6.34.